The van der Waals surface area contributed by atoms with E-state index in [1.807, 2.05) is 11.1 Å². The van der Waals surface area contributed by atoms with Gasteiger partial charge < -0.3 is 10.6 Å². The third kappa shape index (κ3) is 0.618. The van der Waals surface area contributed by atoms with E-state index in [2.05, 4.69) is 9.98 Å². The summed E-state index contributed by atoms with van der Waals surface area (Å²) >= 11 is 0. The molecule has 0 aromatic heterocycles. The van der Waals surface area contributed by atoms with E-state index in [1.165, 1.54) is 0 Å². The summed E-state index contributed by atoms with van der Waals surface area (Å²) < 4.78 is 0. The van der Waals surface area contributed by atoms with E-state index < -0.39 is 0 Å². The standard InChI is InChI=1S/C6H8N4/c7-5-6-9-2-4-10(6)3-1-8-5/h1,3H,2,4H2,(H2,7,8). The molecule has 4 heteroatoms. The van der Waals surface area contributed by atoms with Gasteiger partial charge in [0, 0.05) is 18.9 Å². The van der Waals surface area contributed by atoms with Crippen molar-refractivity contribution in [1.29, 1.82) is 0 Å². The number of nitrogens with two attached hydrogens (primary N) is 1. The van der Waals surface area contributed by atoms with Gasteiger partial charge in [-0.3, -0.25) is 4.99 Å². The highest BCUT2D eigenvalue weighted by molar-refractivity contribution is 6.40. The molecule has 0 saturated carbocycles. The Hall–Kier alpha value is -1.32. The van der Waals surface area contributed by atoms with Crippen molar-refractivity contribution in [2.75, 3.05) is 13.1 Å². The summed E-state index contributed by atoms with van der Waals surface area (Å²) in [5.74, 6) is 1.35. The molecular formula is C6H8N4. The minimum atomic E-state index is 0.528. The number of hydrogen-bond donors (Lipinski definition) is 1. The second-order valence-electron chi connectivity index (χ2n) is 2.21. The first-order valence-electron chi connectivity index (χ1n) is 3.19. The predicted octanol–water partition coefficient (Wildman–Crippen LogP) is -0.458. The molecule has 0 radical (unpaired) electrons. The summed E-state index contributed by atoms with van der Waals surface area (Å²) in [6, 6.07) is 0. The van der Waals surface area contributed by atoms with Crippen molar-refractivity contribution >= 4 is 11.7 Å². The van der Waals surface area contributed by atoms with Crippen molar-refractivity contribution in [2.45, 2.75) is 0 Å². The Bertz CT molecular complexity index is 238. The van der Waals surface area contributed by atoms with Gasteiger partial charge in [-0.2, -0.15) is 0 Å². The van der Waals surface area contributed by atoms with Crippen molar-refractivity contribution in [3.8, 4) is 0 Å². The van der Waals surface area contributed by atoms with Crippen LogP contribution in [0.5, 0.6) is 0 Å². The number of aliphatic imine (C=N–C) groups is 2. The minimum absolute atomic E-state index is 0.528. The van der Waals surface area contributed by atoms with Crippen LogP contribution in [0.1, 0.15) is 0 Å². The van der Waals surface area contributed by atoms with Crippen LogP contribution in [0.2, 0.25) is 0 Å². The quantitative estimate of drug-likeness (QED) is 0.490. The first-order chi connectivity index (χ1) is 4.88. The zero-order valence-electron chi connectivity index (χ0n) is 5.49. The Morgan fingerprint density at radius 2 is 2.50 bits per heavy atom. The van der Waals surface area contributed by atoms with Crippen LogP contribution in [0.15, 0.2) is 22.4 Å². The molecule has 0 bridgehead atoms. The predicted molar refractivity (Wildman–Crippen MR) is 39.8 cm³/mol. The van der Waals surface area contributed by atoms with Crippen molar-refractivity contribution in [3.05, 3.63) is 12.4 Å². The molecule has 2 aliphatic heterocycles. The number of nitrogens with zero attached hydrogens (tertiary/aromatic N) is 3. The fraction of sp³-hybridized carbons (Fsp3) is 0.333. The molecule has 2 heterocycles. The minimum Gasteiger partial charge on any atom is -0.381 e. The third-order valence-electron chi connectivity index (χ3n) is 1.56. The highest BCUT2D eigenvalue weighted by atomic mass is 15.3. The monoisotopic (exact) mass is 136 g/mol. The van der Waals surface area contributed by atoms with Crippen molar-refractivity contribution in [1.82, 2.24) is 4.90 Å². The zero-order chi connectivity index (χ0) is 6.97. The second-order valence-corrected chi connectivity index (χ2v) is 2.21. The van der Waals surface area contributed by atoms with Crippen LogP contribution >= 0.6 is 0 Å². The van der Waals surface area contributed by atoms with Crippen LogP contribution in [0.3, 0.4) is 0 Å². The van der Waals surface area contributed by atoms with Gasteiger partial charge in [-0.25, -0.2) is 4.99 Å². The lowest BCUT2D eigenvalue weighted by atomic mass is 10.4. The molecule has 4 nitrogen and oxygen atoms in total. The molecule has 0 saturated heterocycles. The molecule has 0 spiro atoms. The maximum Gasteiger partial charge on any atom is 0.171 e. The van der Waals surface area contributed by atoms with Gasteiger partial charge in [0.1, 0.15) is 0 Å². The zero-order valence-corrected chi connectivity index (χ0v) is 5.49. The van der Waals surface area contributed by atoms with E-state index in [0.29, 0.717) is 5.84 Å². The molecule has 0 aliphatic carbocycles. The lowest BCUT2D eigenvalue weighted by Crippen LogP contribution is -2.36. The van der Waals surface area contributed by atoms with E-state index in [9.17, 15) is 0 Å². The largest absolute Gasteiger partial charge is 0.381 e. The molecule has 2 N–H and O–H groups in total. The van der Waals surface area contributed by atoms with E-state index >= 15 is 0 Å². The highest BCUT2D eigenvalue weighted by Gasteiger charge is 2.19. The molecule has 0 fully saturated rings. The van der Waals surface area contributed by atoms with Gasteiger partial charge in [0.25, 0.3) is 0 Å². The summed E-state index contributed by atoms with van der Waals surface area (Å²) in [5.41, 5.74) is 5.55. The average Bonchev–Trinajstić information content (AvgIpc) is 2.36. The molecule has 0 aromatic carbocycles. The second kappa shape index (κ2) is 1.83. The molecule has 52 valence electrons. The van der Waals surface area contributed by atoms with Gasteiger partial charge in [-0.1, -0.05) is 0 Å². The summed E-state index contributed by atoms with van der Waals surface area (Å²) in [7, 11) is 0. The number of fused-ring (bicyclic) bond motifs is 1. The molecule has 0 amide bonds. The van der Waals surface area contributed by atoms with Crippen LogP contribution < -0.4 is 5.73 Å². The van der Waals surface area contributed by atoms with Crippen molar-refractivity contribution < 1.29 is 0 Å². The van der Waals surface area contributed by atoms with Gasteiger partial charge in [-0.05, 0) is 0 Å². The van der Waals surface area contributed by atoms with Crippen molar-refractivity contribution in [2.24, 2.45) is 15.7 Å². The van der Waals surface area contributed by atoms with Crippen LogP contribution in [0.25, 0.3) is 0 Å². The fourth-order valence-electron chi connectivity index (χ4n) is 1.09. The number of rotatable bonds is 0. The topological polar surface area (TPSA) is 54.0 Å². The summed E-state index contributed by atoms with van der Waals surface area (Å²) in [4.78, 5) is 10.1. The first-order valence-corrected chi connectivity index (χ1v) is 3.19. The molecule has 10 heavy (non-hydrogen) atoms. The van der Waals surface area contributed by atoms with E-state index in [-0.39, 0.29) is 0 Å². The van der Waals surface area contributed by atoms with Crippen LogP contribution in [0, 0.1) is 0 Å². The van der Waals surface area contributed by atoms with Gasteiger partial charge >= 0.3 is 0 Å². The van der Waals surface area contributed by atoms with E-state index in [1.54, 1.807) is 6.20 Å². The Morgan fingerprint density at radius 3 is 3.30 bits per heavy atom. The molecule has 2 aliphatic rings. The maximum atomic E-state index is 5.55. The Kier molecular flexibility index (Phi) is 1.00. The molecule has 0 aromatic rings. The van der Waals surface area contributed by atoms with Crippen LogP contribution in [-0.4, -0.2) is 29.7 Å². The summed E-state index contributed by atoms with van der Waals surface area (Å²) in [6.07, 6.45) is 3.59. The molecule has 0 atom stereocenters. The lowest BCUT2D eigenvalue weighted by molar-refractivity contribution is 0.611. The third-order valence-corrected chi connectivity index (χ3v) is 1.56. The Balaban J connectivity index is 2.38. The lowest BCUT2D eigenvalue weighted by Gasteiger charge is -2.16. The Labute approximate surface area is 58.8 Å². The average molecular weight is 136 g/mol. The van der Waals surface area contributed by atoms with Crippen molar-refractivity contribution in [3.63, 3.8) is 0 Å². The molecule has 0 unspecified atom stereocenters. The van der Waals surface area contributed by atoms with Crippen LogP contribution in [0.4, 0.5) is 0 Å². The number of amidine groups is 2. The molecular weight excluding hydrogens is 128 g/mol. The van der Waals surface area contributed by atoms with Crippen LogP contribution in [-0.2, 0) is 0 Å². The van der Waals surface area contributed by atoms with Gasteiger partial charge in [0.05, 0.1) is 6.54 Å². The van der Waals surface area contributed by atoms with Gasteiger partial charge in [0.2, 0.25) is 0 Å². The maximum absolute atomic E-state index is 5.55. The summed E-state index contributed by atoms with van der Waals surface area (Å²) in [6.45, 7) is 1.76. The molecule has 2 rings (SSSR count). The fourth-order valence-corrected chi connectivity index (χ4v) is 1.09. The SMILES string of the molecule is NC1=NC=CN2CCN=C12. The van der Waals surface area contributed by atoms with Gasteiger partial charge in [-0.15, -0.1) is 0 Å². The van der Waals surface area contributed by atoms with Gasteiger partial charge in [0.15, 0.2) is 11.7 Å². The smallest absolute Gasteiger partial charge is 0.171 e. The highest BCUT2D eigenvalue weighted by Crippen LogP contribution is 2.06. The Morgan fingerprint density at radius 1 is 1.60 bits per heavy atom. The van der Waals surface area contributed by atoms with E-state index in [4.69, 9.17) is 5.73 Å². The first kappa shape index (κ1) is 5.46. The number of hydrogen-bond acceptors (Lipinski definition) is 4. The van der Waals surface area contributed by atoms with E-state index in [0.717, 1.165) is 18.9 Å². The normalized spacial score (nSPS) is 22.2. The summed E-state index contributed by atoms with van der Waals surface area (Å²) in [5, 5.41) is 0.